The predicted octanol–water partition coefficient (Wildman–Crippen LogP) is 0.639. The zero-order valence-corrected chi connectivity index (χ0v) is 14.9. The van der Waals surface area contributed by atoms with E-state index in [0.717, 1.165) is 18.6 Å². The van der Waals surface area contributed by atoms with Gasteiger partial charge < -0.3 is 4.74 Å². The zero-order valence-electron chi connectivity index (χ0n) is 14.1. The highest BCUT2D eigenvalue weighted by molar-refractivity contribution is 7.86. The summed E-state index contributed by atoms with van der Waals surface area (Å²) in [5.41, 5.74) is 1.04. The van der Waals surface area contributed by atoms with E-state index in [1.807, 2.05) is 13.2 Å². The van der Waals surface area contributed by atoms with Crippen LogP contribution in [0.3, 0.4) is 0 Å². The van der Waals surface area contributed by atoms with Crippen LogP contribution in [0.15, 0.2) is 12.4 Å². The van der Waals surface area contributed by atoms with Crippen LogP contribution in [0.25, 0.3) is 0 Å². The molecule has 0 radical (unpaired) electrons. The summed E-state index contributed by atoms with van der Waals surface area (Å²) in [4.78, 5) is 0. The highest BCUT2D eigenvalue weighted by atomic mass is 32.2. The third-order valence-electron chi connectivity index (χ3n) is 4.64. The molecule has 0 aromatic carbocycles. The maximum atomic E-state index is 12.6. The fourth-order valence-corrected chi connectivity index (χ4v) is 4.39. The SMILES string of the molecule is CN(C)S(=O)(=O)N1CC[C@@H](OCC2CC2)[C@@H]1Cc1cnn(C)c1. The quantitative estimate of drug-likeness (QED) is 0.729. The summed E-state index contributed by atoms with van der Waals surface area (Å²) in [5.74, 6) is 0.675. The second-order valence-electron chi connectivity index (χ2n) is 6.80. The van der Waals surface area contributed by atoms with Crippen LogP contribution in [0.2, 0.25) is 0 Å². The Balaban J connectivity index is 1.77. The summed E-state index contributed by atoms with van der Waals surface area (Å²) < 4.78 is 35.9. The summed E-state index contributed by atoms with van der Waals surface area (Å²) >= 11 is 0. The zero-order chi connectivity index (χ0) is 16.6. The fraction of sp³-hybridized carbons (Fsp3) is 0.800. The van der Waals surface area contributed by atoms with E-state index in [0.29, 0.717) is 18.9 Å². The number of rotatable bonds is 7. The van der Waals surface area contributed by atoms with Crippen molar-refractivity contribution in [2.45, 2.75) is 37.8 Å². The maximum absolute atomic E-state index is 12.6. The van der Waals surface area contributed by atoms with Crippen LogP contribution in [0.1, 0.15) is 24.8 Å². The lowest BCUT2D eigenvalue weighted by Gasteiger charge is -2.29. The number of aryl methyl sites for hydroxylation is 1. The van der Waals surface area contributed by atoms with Crippen LogP contribution in [0, 0.1) is 5.92 Å². The molecule has 8 heteroatoms. The van der Waals surface area contributed by atoms with Gasteiger partial charge in [-0.25, -0.2) is 0 Å². The maximum Gasteiger partial charge on any atom is 0.281 e. The van der Waals surface area contributed by atoms with Crippen molar-refractivity contribution < 1.29 is 13.2 Å². The van der Waals surface area contributed by atoms with Gasteiger partial charge in [-0.05, 0) is 37.2 Å². The van der Waals surface area contributed by atoms with Crippen LogP contribution in [0.4, 0.5) is 0 Å². The number of hydrogen-bond acceptors (Lipinski definition) is 4. The molecule has 2 heterocycles. The van der Waals surface area contributed by atoms with Gasteiger partial charge in [-0.3, -0.25) is 4.68 Å². The van der Waals surface area contributed by atoms with Gasteiger partial charge in [-0.2, -0.15) is 22.1 Å². The molecule has 7 nitrogen and oxygen atoms in total. The summed E-state index contributed by atoms with van der Waals surface area (Å²) in [6.07, 6.45) is 7.57. The van der Waals surface area contributed by atoms with Crippen LogP contribution in [0.5, 0.6) is 0 Å². The average molecular weight is 342 g/mol. The molecule has 1 aromatic heterocycles. The van der Waals surface area contributed by atoms with Crippen LogP contribution in [-0.2, 0) is 28.4 Å². The molecule has 0 N–H and O–H groups in total. The second-order valence-corrected chi connectivity index (χ2v) is 8.89. The Labute approximate surface area is 138 Å². The van der Waals surface area contributed by atoms with Crippen molar-refractivity contribution >= 4 is 10.2 Å². The van der Waals surface area contributed by atoms with Gasteiger partial charge in [0.05, 0.1) is 18.3 Å². The Kier molecular flexibility index (Phi) is 4.78. The van der Waals surface area contributed by atoms with E-state index < -0.39 is 10.2 Å². The largest absolute Gasteiger partial charge is 0.376 e. The van der Waals surface area contributed by atoms with Crippen molar-refractivity contribution in [1.29, 1.82) is 0 Å². The van der Waals surface area contributed by atoms with E-state index in [1.54, 1.807) is 29.3 Å². The van der Waals surface area contributed by atoms with E-state index in [-0.39, 0.29) is 12.1 Å². The fourth-order valence-electron chi connectivity index (χ4n) is 3.08. The predicted molar refractivity (Wildman–Crippen MR) is 87.1 cm³/mol. The standard InChI is InChI=1S/C15H26N4O3S/c1-17(2)23(20,21)19-7-6-15(22-11-12-4-5-12)14(19)8-13-9-16-18(3)10-13/h9-10,12,14-15H,4-8,11H2,1-3H3/t14-,15+/m0/s1. The summed E-state index contributed by atoms with van der Waals surface area (Å²) in [7, 11) is 1.59. The van der Waals surface area contributed by atoms with Crippen molar-refractivity contribution in [1.82, 2.24) is 18.4 Å². The lowest BCUT2D eigenvalue weighted by Crippen LogP contribution is -2.46. The van der Waals surface area contributed by atoms with Gasteiger partial charge in [0.15, 0.2) is 0 Å². The minimum atomic E-state index is -3.44. The van der Waals surface area contributed by atoms with Crippen LogP contribution < -0.4 is 0 Å². The van der Waals surface area contributed by atoms with Gasteiger partial charge in [0.25, 0.3) is 10.2 Å². The lowest BCUT2D eigenvalue weighted by molar-refractivity contribution is 0.0301. The first-order chi connectivity index (χ1) is 10.9. The molecule has 1 saturated heterocycles. The molecule has 0 unspecified atom stereocenters. The smallest absolute Gasteiger partial charge is 0.281 e. The molecule has 1 saturated carbocycles. The number of hydrogen-bond donors (Lipinski definition) is 0. The van der Waals surface area contributed by atoms with Crippen molar-refractivity contribution in [3.05, 3.63) is 18.0 Å². The van der Waals surface area contributed by atoms with E-state index >= 15 is 0 Å². The summed E-state index contributed by atoms with van der Waals surface area (Å²) in [5, 5.41) is 4.19. The molecule has 1 aromatic rings. The molecular formula is C15H26N4O3S. The Bertz CT molecular complexity index is 639. The number of nitrogens with zero attached hydrogens (tertiary/aromatic N) is 4. The number of ether oxygens (including phenoxy) is 1. The monoisotopic (exact) mass is 342 g/mol. The highest BCUT2D eigenvalue weighted by Crippen LogP contribution is 2.33. The molecule has 1 aliphatic carbocycles. The van der Waals surface area contributed by atoms with Crippen molar-refractivity contribution in [3.8, 4) is 0 Å². The van der Waals surface area contributed by atoms with Gasteiger partial charge in [-0.15, -0.1) is 0 Å². The van der Waals surface area contributed by atoms with Crippen molar-refractivity contribution in [2.75, 3.05) is 27.2 Å². The number of aromatic nitrogens is 2. The molecule has 130 valence electrons. The van der Waals surface area contributed by atoms with E-state index in [4.69, 9.17) is 4.74 Å². The Morgan fingerprint density at radius 3 is 2.65 bits per heavy atom. The lowest BCUT2D eigenvalue weighted by atomic mass is 10.1. The molecule has 0 bridgehead atoms. The first-order valence-corrected chi connectivity index (χ1v) is 9.56. The van der Waals surface area contributed by atoms with E-state index in [9.17, 15) is 8.42 Å². The normalized spacial score (nSPS) is 26.3. The molecule has 2 atom stereocenters. The van der Waals surface area contributed by atoms with Crippen molar-refractivity contribution in [2.24, 2.45) is 13.0 Å². The molecule has 23 heavy (non-hydrogen) atoms. The van der Waals surface area contributed by atoms with Gasteiger partial charge >= 0.3 is 0 Å². The highest BCUT2D eigenvalue weighted by Gasteiger charge is 2.43. The minimum absolute atomic E-state index is 0.0365. The minimum Gasteiger partial charge on any atom is -0.376 e. The second kappa shape index (κ2) is 6.51. The van der Waals surface area contributed by atoms with Gasteiger partial charge in [0.1, 0.15) is 0 Å². The van der Waals surface area contributed by atoms with Gasteiger partial charge in [0, 0.05) is 40.5 Å². The average Bonchev–Trinajstić information content (AvgIpc) is 3.10. The third kappa shape index (κ3) is 3.76. The van der Waals surface area contributed by atoms with Crippen molar-refractivity contribution in [3.63, 3.8) is 0 Å². The third-order valence-corrected chi connectivity index (χ3v) is 6.61. The van der Waals surface area contributed by atoms with Crippen LogP contribution in [-0.4, -0.2) is 66.2 Å². The summed E-state index contributed by atoms with van der Waals surface area (Å²) in [6.45, 7) is 1.27. The molecule has 2 fully saturated rings. The molecule has 3 rings (SSSR count). The molecule has 0 amide bonds. The molecule has 0 spiro atoms. The van der Waals surface area contributed by atoms with Gasteiger partial charge in [0.2, 0.25) is 0 Å². The first kappa shape index (κ1) is 16.9. The summed E-state index contributed by atoms with van der Waals surface area (Å²) in [6, 6.07) is -0.162. The van der Waals surface area contributed by atoms with E-state index in [1.165, 1.54) is 17.1 Å². The first-order valence-electron chi connectivity index (χ1n) is 8.16. The van der Waals surface area contributed by atoms with E-state index in [2.05, 4.69) is 5.10 Å². The molecule has 1 aliphatic heterocycles. The van der Waals surface area contributed by atoms with Crippen LogP contribution >= 0.6 is 0 Å². The topological polar surface area (TPSA) is 67.7 Å². The molecular weight excluding hydrogens is 316 g/mol. The Morgan fingerprint density at radius 2 is 2.09 bits per heavy atom. The Hall–Kier alpha value is -0.960. The molecule has 2 aliphatic rings. The Morgan fingerprint density at radius 1 is 1.35 bits per heavy atom. The van der Waals surface area contributed by atoms with Gasteiger partial charge in [-0.1, -0.05) is 0 Å².